The first-order chi connectivity index (χ1) is 8.29. The van der Waals surface area contributed by atoms with E-state index in [0.29, 0.717) is 5.75 Å². The molecule has 0 aliphatic carbocycles. The predicted octanol–water partition coefficient (Wildman–Crippen LogP) is 2.32. The maximum atomic E-state index is 9.34. The summed E-state index contributed by atoms with van der Waals surface area (Å²) >= 11 is 0. The molecular formula is C13H18ClN3O. The number of phenolic OH excluding ortho intramolecular Hbond substituents is 1. The molecule has 0 aliphatic heterocycles. The number of nitrogens with one attached hydrogen (secondary N) is 1. The molecule has 0 bridgehead atoms. The summed E-state index contributed by atoms with van der Waals surface area (Å²) in [6.45, 7) is 4.48. The van der Waals surface area contributed by atoms with Gasteiger partial charge >= 0.3 is 0 Å². The molecule has 0 saturated heterocycles. The van der Waals surface area contributed by atoms with Gasteiger partial charge in [-0.15, -0.1) is 12.4 Å². The van der Waals surface area contributed by atoms with E-state index < -0.39 is 0 Å². The third-order valence-corrected chi connectivity index (χ3v) is 2.65. The Morgan fingerprint density at radius 1 is 1.28 bits per heavy atom. The molecule has 0 atom stereocenters. The first-order valence-corrected chi connectivity index (χ1v) is 5.79. The van der Waals surface area contributed by atoms with Crippen molar-refractivity contribution in [3.63, 3.8) is 0 Å². The van der Waals surface area contributed by atoms with Gasteiger partial charge in [0.15, 0.2) is 0 Å². The second-order valence-corrected chi connectivity index (χ2v) is 3.91. The number of hydrogen-bond acceptors (Lipinski definition) is 3. The number of hydrogen-bond donors (Lipinski definition) is 2. The normalized spacial score (nSPS) is 10.1. The van der Waals surface area contributed by atoms with Crippen LogP contribution in [0.2, 0.25) is 0 Å². The van der Waals surface area contributed by atoms with Crippen molar-refractivity contribution in [1.29, 1.82) is 0 Å². The standard InChI is InChI=1S/C13H17N3O.ClH/c1-2-16-12(6-7-15-16)10-14-9-11-4-3-5-13(17)8-11;/h3-8,14,17H,2,9-10H2,1H3;1H. The van der Waals surface area contributed by atoms with E-state index in [2.05, 4.69) is 17.3 Å². The van der Waals surface area contributed by atoms with Crippen molar-refractivity contribution in [2.75, 3.05) is 0 Å². The van der Waals surface area contributed by atoms with Gasteiger partial charge in [0.1, 0.15) is 5.75 Å². The Bertz CT molecular complexity index is 485. The second-order valence-electron chi connectivity index (χ2n) is 3.91. The SMILES string of the molecule is CCn1nccc1CNCc1cccc(O)c1.Cl. The largest absolute Gasteiger partial charge is 0.508 e. The van der Waals surface area contributed by atoms with Crippen LogP contribution in [0.25, 0.3) is 0 Å². The number of halogens is 1. The summed E-state index contributed by atoms with van der Waals surface area (Å²) in [5, 5.41) is 16.9. The minimum absolute atomic E-state index is 0. The van der Waals surface area contributed by atoms with Crippen LogP contribution in [0.3, 0.4) is 0 Å². The van der Waals surface area contributed by atoms with Gasteiger partial charge < -0.3 is 10.4 Å². The Morgan fingerprint density at radius 3 is 2.83 bits per heavy atom. The smallest absolute Gasteiger partial charge is 0.115 e. The van der Waals surface area contributed by atoms with Gasteiger partial charge in [0.05, 0.1) is 5.69 Å². The van der Waals surface area contributed by atoms with Crippen LogP contribution >= 0.6 is 12.4 Å². The Hall–Kier alpha value is -1.52. The van der Waals surface area contributed by atoms with E-state index in [-0.39, 0.29) is 12.4 Å². The van der Waals surface area contributed by atoms with Crippen LogP contribution in [0, 0.1) is 0 Å². The van der Waals surface area contributed by atoms with Crippen molar-refractivity contribution >= 4 is 12.4 Å². The topological polar surface area (TPSA) is 50.1 Å². The van der Waals surface area contributed by atoms with Crippen LogP contribution in [0.1, 0.15) is 18.2 Å². The summed E-state index contributed by atoms with van der Waals surface area (Å²) in [6, 6.07) is 9.30. The summed E-state index contributed by atoms with van der Waals surface area (Å²) in [4.78, 5) is 0. The number of aromatic hydroxyl groups is 1. The molecule has 1 aromatic carbocycles. The van der Waals surface area contributed by atoms with Crippen LogP contribution in [-0.4, -0.2) is 14.9 Å². The minimum atomic E-state index is 0. The number of phenols is 1. The maximum Gasteiger partial charge on any atom is 0.115 e. The van der Waals surface area contributed by atoms with Crippen molar-refractivity contribution in [2.45, 2.75) is 26.6 Å². The molecule has 2 aromatic rings. The molecule has 0 aliphatic rings. The van der Waals surface area contributed by atoms with Crippen LogP contribution in [-0.2, 0) is 19.6 Å². The Balaban J connectivity index is 0.00000162. The first-order valence-electron chi connectivity index (χ1n) is 5.79. The van der Waals surface area contributed by atoms with Gasteiger partial charge in [-0.1, -0.05) is 12.1 Å². The highest BCUT2D eigenvalue weighted by Crippen LogP contribution is 2.10. The van der Waals surface area contributed by atoms with Gasteiger partial charge in [0.2, 0.25) is 0 Å². The van der Waals surface area contributed by atoms with Crippen molar-refractivity contribution < 1.29 is 5.11 Å². The number of rotatable bonds is 5. The average molecular weight is 268 g/mol. The van der Waals surface area contributed by atoms with Gasteiger partial charge in [-0.3, -0.25) is 4.68 Å². The summed E-state index contributed by atoms with van der Waals surface area (Å²) < 4.78 is 1.97. The van der Waals surface area contributed by atoms with E-state index in [1.54, 1.807) is 12.1 Å². The summed E-state index contributed by atoms with van der Waals surface area (Å²) in [5.41, 5.74) is 2.25. The zero-order chi connectivity index (χ0) is 12.1. The molecule has 4 nitrogen and oxygen atoms in total. The zero-order valence-electron chi connectivity index (χ0n) is 10.3. The van der Waals surface area contributed by atoms with Gasteiger partial charge in [0.25, 0.3) is 0 Å². The molecule has 18 heavy (non-hydrogen) atoms. The number of benzene rings is 1. The molecule has 0 unspecified atom stereocenters. The highest BCUT2D eigenvalue weighted by molar-refractivity contribution is 5.85. The van der Waals surface area contributed by atoms with Crippen molar-refractivity contribution in [2.24, 2.45) is 0 Å². The van der Waals surface area contributed by atoms with E-state index in [1.807, 2.05) is 29.1 Å². The van der Waals surface area contributed by atoms with Crippen LogP contribution in [0.15, 0.2) is 36.5 Å². The monoisotopic (exact) mass is 267 g/mol. The molecule has 0 fully saturated rings. The third kappa shape index (κ3) is 3.75. The molecule has 2 rings (SSSR count). The molecule has 0 spiro atoms. The van der Waals surface area contributed by atoms with E-state index >= 15 is 0 Å². The van der Waals surface area contributed by atoms with E-state index in [0.717, 1.165) is 25.2 Å². The molecule has 0 saturated carbocycles. The molecule has 0 amide bonds. The van der Waals surface area contributed by atoms with Crippen LogP contribution in [0.4, 0.5) is 0 Å². The van der Waals surface area contributed by atoms with Crippen LogP contribution < -0.4 is 5.32 Å². The van der Waals surface area contributed by atoms with Crippen molar-refractivity contribution in [3.8, 4) is 5.75 Å². The molecular weight excluding hydrogens is 250 g/mol. The predicted molar refractivity (Wildman–Crippen MR) is 73.8 cm³/mol. The minimum Gasteiger partial charge on any atom is -0.508 e. The van der Waals surface area contributed by atoms with Gasteiger partial charge in [-0.2, -0.15) is 5.10 Å². The molecule has 1 heterocycles. The van der Waals surface area contributed by atoms with Gasteiger partial charge in [0, 0.05) is 25.8 Å². The van der Waals surface area contributed by atoms with Crippen LogP contribution in [0.5, 0.6) is 5.75 Å². The lowest BCUT2D eigenvalue weighted by Crippen LogP contribution is -2.16. The van der Waals surface area contributed by atoms with E-state index in [1.165, 1.54) is 5.69 Å². The molecule has 1 aromatic heterocycles. The fourth-order valence-electron chi connectivity index (χ4n) is 1.80. The lowest BCUT2D eigenvalue weighted by Gasteiger charge is -2.07. The molecule has 0 radical (unpaired) electrons. The Labute approximate surface area is 113 Å². The highest BCUT2D eigenvalue weighted by atomic mass is 35.5. The summed E-state index contributed by atoms with van der Waals surface area (Å²) in [7, 11) is 0. The quantitative estimate of drug-likeness (QED) is 0.874. The second kappa shape index (κ2) is 7.03. The molecule has 2 N–H and O–H groups in total. The Kier molecular flexibility index (Phi) is 5.68. The lowest BCUT2D eigenvalue weighted by molar-refractivity contribution is 0.474. The highest BCUT2D eigenvalue weighted by Gasteiger charge is 2.00. The lowest BCUT2D eigenvalue weighted by atomic mass is 10.2. The maximum absolute atomic E-state index is 9.34. The molecule has 98 valence electrons. The van der Waals surface area contributed by atoms with Crippen molar-refractivity contribution in [3.05, 3.63) is 47.8 Å². The Morgan fingerprint density at radius 2 is 2.11 bits per heavy atom. The van der Waals surface area contributed by atoms with Crippen molar-refractivity contribution in [1.82, 2.24) is 15.1 Å². The fraction of sp³-hybridized carbons (Fsp3) is 0.308. The molecule has 5 heteroatoms. The number of aryl methyl sites for hydroxylation is 1. The third-order valence-electron chi connectivity index (χ3n) is 2.65. The summed E-state index contributed by atoms with van der Waals surface area (Å²) in [5.74, 6) is 0.308. The average Bonchev–Trinajstić information content (AvgIpc) is 2.77. The zero-order valence-corrected chi connectivity index (χ0v) is 11.2. The van der Waals surface area contributed by atoms with E-state index in [4.69, 9.17) is 0 Å². The number of nitrogens with zero attached hydrogens (tertiary/aromatic N) is 2. The number of aromatic nitrogens is 2. The van der Waals surface area contributed by atoms with Gasteiger partial charge in [-0.05, 0) is 30.7 Å². The fourth-order valence-corrected chi connectivity index (χ4v) is 1.80. The van der Waals surface area contributed by atoms with E-state index in [9.17, 15) is 5.11 Å². The first kappa shape index (κ1) is 14.5. The van der Waals surface area contributed by atoms with Gasteiger partial charge in [-0.25, -0.2) is 0 Å². The summed E-state index contributed by atoms with van der Waals surface area (Å²) in [6.07, 6.45) is 1.81.